The number of esters is 1. The second-order valence-electron chi connectivity index (χ2n) is 7.11. The summed E-state index contributed by atoms with van der Waals surface area (Å²) in [6, 6.07) is 17.6. The maximum absolute atomic E-state index is 12.3. The molecule has 3 atom stereocenters. The Kier molecular flexibility index (Phi) is 9.45. The molecule has 4 heteroatoms. The zero-order valence-corrected chi connectivity index (χ0v) is 17.6. The van der Waals surface area contributed by atoms with Crippen molar-refractivity contribution in [3.8, 4) is 5.75 Å². The Hall–Kier alpha value is -2.59. The summed E-state index contributed by atoms with van der Waals surface area (Å²) >= 11 is 0. The lowest BCUT2D eigenvalue weighted by atomic mass is 9.90. The molecule has 2 aromatic rings. The topological polar surface area (TPSA) is 55.8 Å². The van der Waals surface area contributed by atoms with Crippen LogP contribution < -0.4 is 4.74 Å². The van der Waals surface area contributed by atoms with Crippen LogP contribution in [0.5, 0.6) is 5.75 Å². The van der Waals surface area contributed by atoms with Crippen molar-refractivity contribution in [2.45, 2.75) is 58.8 Å². The Morgan fingerprint density at radius 2 is 1.76 bits per heavy atom. The fourth-order valence-corrected chi connectivity index (χ4v) is 3.36. The van der Waals surface area contributed by atoms with Gasteiger partial charge >= 0.3 is 5.97 Å². The van der Waals surface area contributed by atoms with E-state index in [0.29, 0.717) is 19.4 Å². The molecule has 156 valence electrons. The van der Waals surface area contributed by atoms with Crippen molar-refractivity contribution in [3.63, 3.8) is 0 Å². The molecule has 29 heavy (non-hydrogen) atoms. The summed E-state index contributed by atoms with van der Waals surface area (Å²) in [6.45, 7) is 6.41. The molecule has 0 radical (unpaired) electrons. The van der Waals surface area contributed by atoms with E-state index in [-0.39, 0.29) is 12.0 Å². The first kappa shape index (κ1) is 22.7. The average Bonchev–Trinajstić information content (AvgIpc) is 2.76. The first-order valence-electron chi connectivity index (χ1n) is 10.4. The van der Waals surface area contributed by atoms with Gasteiger partial charge in [0.25, 0.3) is 0 Å². The van der Waals surface area contributed by atoms with Crippen molar-refractivity contribution in [2.75, 3.05) is 0 Å². The molecule has 0 spiro atoms. The zero-order chi connectivity index (χ0) is 21.1. The van der Waals surface area contributed by atoms with Crippen LogP contribution in [-0.2, 0) is 16.1 Å². The second-order valence-corrected chi connectivity index (χ2v) is 7.11. The molecule has 0 aliphatic heterocycles. The van der Waals surface area contributed by atoms with E-state index < -0.39 is 12.1 Å². The molecule has 0 aliphatic carbocycles. The predicted octanol–water partition coefficient (Wildman–Crippen LogP) is 5.40. The van der Waals surface area contributed by atoms with Gasteiger partial charge in [-0.25, -0.2) is 4.79 Å². The molecular weight excluding hydrogens is 364 g/mol. The monoisotopic (exact) mass is 396 g/mol. The van der Waals surface area contributed by atoms with E-state index in [1.54, 1.807) is 6.08 Å². The highest BCUT2D eigenvalue weighted by Gasteiger charge is 2.27. The van der Waals surface area contributed by atoms with Gasteiger partial charge in [-0.2, -0.15) is 0 Å². The van der Waals surface area contributed by atoms with Crippen molar-refractivity contribution < 1.29 is 19.4 Å². The minimum atomic E-state index is -0.458. The van der Waals surface area contributed by atoms with Crippen LogP contribution in [0.4, 0.5) is 0 Å². The van der Waals surface area contributed by atoms with Crippen LogP contribution >= 0.6 is 0 Å². The van der Waals surface area contributed by atoms with Crippen molar-refractivity contribution >= 4 is 12.0 Å². The maximum atomic E-state index is 12.3. The molecule has 0 fully saturated rings. The molecule has 2 aromatic carbocycles. The number of hydrogen-bond donors (Lipinski definition) is 1. The first-order valence-corrected chi connectivity index (χ1v) is 10.4. The summed E-state index contributed by atoms with van der Waals surface area (Å²) in [4.78, 5) is 12.3. The molecule has 0 amide bonds. The third kappa shape index (κ3) is 7.39. The molecule has 0 heterocycles. The normalized spacial score (nSPS) is 14.3. The number of hydrogen-bond acceptors (Lipinski definition) is 4. The van der Waals surface area contributed by atoms with Gasteiger partial charge in [0.05, 0.1) is 6.10 Å². The van der Waals surface area contributed by atoms with Gasteiger partial charge in [0, 0.05) is 12.0 Å². The van der Waals surface area contributed by atoms with Gasteiger partial charge in [-0.3, -0.25) is 0 Å². The Bertz CT molecular complexity index is 769. The quantitative estimate of drug-likeness (QED) is 0.408. The highest BCUT2D eigenvalue weighted by Crippen LogP contribution is 2.22. The number of rotatable bonds is 11. The third-order valence-corrected chi connectivity index (χ3v) is 5.05. The molecule has 2 rings (SSSR count). The van der Waals surface area contributed by atoms with E-state index in [0.717, 1.165) is 23.3 Å². The van der Waals surface area contributed by atoms with Gasteiger partial charge < -0.3 is 14.6 Å². The van der Waals surface area contributed by atoms with Crippen molar-refractivity contribution in [1.29, 1.82) is 0 Å². The Morgan fingerprint density at radius 3 is 2.41 bits per heavy atom. The van der Waals surface area contributed by atoms with Gasteiger partial charge in [-0.15, -0.1) is 0 Å². The molecule has 1 unspecified atom stereocenters. The van der Waals surface area contributed by atoms with Crippen molar-refractivity contribution in [1.82, 2.24) is 0 Å². The van der Waals surface area contributed by atoms with E-state index >= 15 is 0 Å². The summed E-state index contributed by atoms with van der Waals surface area (Å²) < 4.78 is 11.4. The molecule has 4 nitrogen and oxygen atoms in total. The standard InChI is InChI=1S/C25H32O4/c1-4-22(23(26)5-2)24(6-3)29-25(27)16-15-19-13-10-14-21(17-19)28-18-20-11-8-7-9-12-20/h7-17,22-24,26H,4-6,18H2,1-3H3/t22?,23-,24+/m0/s1. The summed E-state index contributed by atoms with van der Waals surface area (Å²) in [6.07, 6.45) is 4.51. The molecule has 0 saturated carbocycles. The predicted molar refractivity (Wildman–Crippen MR) is 116 cm³/mol. The summed E-state index contributed by atoms with van der Waals surface area (Å²) in [5, 5.41) is 10.2. The molecule has 0 saturated heterocycles. The molecular formula is C25H32O4. The maximum Gasteiger partial charge on any atom is 0.331 e. The van der Waals surface area contributed by atoms with Crippen molar-refractivity contribution in [3.05, 3.63) is 71.8 Å². The highest BCUT2D eigenvalue weighted by molar-refractivity contribution is 5.87. The molecule has 0 bridgehead atoms. The van der Waals surface area contributed by atoms with Crippen LogP contribution in [0.2, 0.25) is 0 Å². The second kappa shape index (κ2) is 12.1. The number of carbonyl (C=O) groups is 1. The van der Waals surface area contributed by atoms with E-state index in [9.17, 15) is 9.90 Å². The smallest absolute Gasteiger partial charge is 0.331 e. The fourth-order valence-electron chi connectivity index (χ4n) is 3.36. The number of carbonyl (C=O) groups excluding carboxylic acids is 1. The molecule has 1 N–H and O–H groups in total. The summed E-state index contributed by atoms with van der Waals surface area (Å²) in [5.74, 6) is 0.305. The van der Waals surface area contributed by atoms with Gasteiger partial charge in [-0.1, -0.05) is 63.2 Å². The number of aliphatic hydroxyl groups is 1. The minimum absolute atomic E-state index is 0.0444. The van der Waals surface area contributed by atoms with Crippen molar-refractivity contribution in [2.24, 2.45) is 5.92 Å². The van der Waals surface area contributed by atoms with Gasteiger partial charge in [0.15, 0.2) is 0 Å². The Morgan fingerprint density at radius 1 is 1.00 bits per heavy atom. The van der Waals surface area contributed by atoms with Crippen LogP contribution in [0.25, 0.3) is 6.08 Å². The largest absolute Gasteiger partial charge is 0.489 e. The highest BCUT2D eigenvalue weighted by atomic mass is 16.5. The fraction of sp³-hybridized carbons (Fsp3) is 0.400. The lowest BCUT2D eigenvalue weighted by Crippen LogP contribution is -2.34. The Labute approximate surface area is 174 Å². The summed E-state index contributed by atoms with van der Waals surface area (Å²) in [7, 11) is 0. The third-order valence-electron chi connectivity index (χ3n) is 5.05. The van der Waals surface area contributed by atoms with Gasteiger partial charge in [0.1, 0.15) is 18.5 Å². The molecule has 0 aliphatic rings. The SMILES string of the molecule is CCC([C@@H](O)CC)[C@@H](CC)OC(=O)C=Cc1cccc(OCc2ccccc2)c1. The summed E-state index contributed by atoms with van der Waals surface area (Å²) in [5.41, 5.74) is 1.96. The van der Waals surface area contributed by atoms with Crippen LogP contribution in [0, 0.1) is 5.92 Å². The van der Waals surface area contributed by atoms with E-state index in [4.69, 9.17) is 9.47 Å². The molecule has 0 aromatic heterocycles. The van der Waals surface area contributed by atoms with E-state index in [1.807, 2.05) is 75.4 Å². The minimum Gasteiger partial charge on any atom is -0.489 e. The average molecular weight is 397 g/mol. The number of ether oxygens (including phenoxy) is 2. The Balaban J connectivity index is 1.95. The lowest BCUT2D eigenvalue weighted by Gasteiger charge is -2.28. The van der Waals surface area contributed by atoms with E-state index in [2.05, 4.69) is 0 Å². The van der Waals surface area contributed by atoms with Crippen LogP contribution in [0.3, 0.4) is 0 Å². The number of benzene rings is 2. The van der Waals surface area contributed by atoms with Crippen LogP contribution in [0.1, 0.15) is 51.2 Å². The van der Waals surface area contributed by atoms with Crippen LogP contribution in [0.15, 0.2) is 60.7 Å². The number of aliphatic hydroxyl groups excluding tert-OH is 1. The van der Waals surface area contributed by atoms with Crippen LogP contribution in [-0.4, -0.2) is 23.3 Å². The van der Waals surface area contributed by atoms with Gasteiger partial charge in [0.2, 0.25) is 0 Å². The first-order chi connectivity index (χ1) is 14.1. The van der Waals surface area contributed by atoms with E-state index in [1.165, 1.54) is 6.08 Å². The zero-order valence-electron chi connectivity index (χ0n) is 17.6. The van der Waals surface area contributed by atoms with Gasteiger partial charge in [-0.05, 0) is 48.6 Å². The lowest BCUT2D eigenvalue weighted by molar-refractivity contribution is -0.148.